The third kappa shape index (κ3) is 4.74. The van der Waals surface area contributed by atoms with Gasteiger partial charge in [0.05, 0.1) is 24.2 Å². The van der Waals surface area contributed by atoms with Crippen LogP contribution in [0.4, 0.5) is 11.6 Å². The van der Waals surface area contributed by atoms with E-state index in [0.717, 1.165) is 11.9 Å². The zero-order valence-corrected chi connectivity index (χ0v) is 18.0. The second-order valence-corrected chi connectivity index (χ2v) is 7.62. The standard InChI is InChI=1S/C23H27N5O4/c1-31-11-3-8-28-20-7-6-17(22(30)27-9-12-32-13-10-27)15-19(20)25-23(28)26-21(29)16-4-2-5-18(24)14-16/h2,4-7,14-15H,3,8-13,24H2,1H3,(H,25,26,29). The second-order valence-electron chi connectivity index (χ2n) is 7.62. The topological polar surface area (TPSA) is 112 Å². The van der Waals surface area contributed by atoms with E-state index in [1.54, 1.807) is 48.4 Å². The number of carbonyl (C=O) groups is 2. The summed E-state index contributed by atoms with van der Waals surface area (Å²) in [6.45, 7) is 3.42. The maximum atomic E-state index is 12.9. The number of imidazole rings is 1. The lowest BCUT2D eigenvalue weighted by atomic mass is 10.1. The van der Waals surface area contributed by atoms with Crippen molar-refractivity contribution in [2.45, 2.75) is 13.0 Å². The number of methoxy groups -OCH3 is 1. The number of anilines is 2. The van der Waals surface area contributed by atoms with E-state index in [-0.39, 0.29) is 11.8 Å². The number of morpholine rings is 1. The largest absolute Gasteiger partial charge is 0.399 e. The number of aromatic nitrogens is 2. The molecule has 1 aromatic heterocycles. The molecule has 0 atom stereocenters. The number of carbonyl (C=O) groups excluding carboxylic acids is 2. The number of hydrogen-bond donors (Lipinski definition) is 2. The lowest BCUT2D eigenvalue weighted by Gasteiger charge is -2.26. The van der Waals surface area contributed by atoms with Crippen molar-refractivity contribution in [2.75, 3.05) is 51.1 Å². The van der Waals surface area contributed by atoms with Gasteiger partial charge in [-0.15, -0.1) is 0 Å². The molecule has 2 heterocycles. The Morgan fingerprint density at radius 1 is 1.16 bits per heavy atom. The molecule has 0 bridgehead atoms. The third-order valence-electron chi connectivity index (χ3n) is 5.40. The van der Waals surface area contributed by atoms with Crippen molar-refractivity contribution in [3.63, 3.8) is 0 Å². The lowest BCUT2D eigenvalue weighted by molar-refractivity contribution is 0.0303. The molecule has 3 aromatic rings. The first kappa shape index (κ1) is 21.8. The van der Waals surface area contributed by atoms with E-state index < -0.39 is 0 Å². The summed E-state index contributed by atoms with van der Waals surface area (Å²) in [7, 11) is 1.65. The summed E-state index contributed by atoms with van der Waals surface area (Å²) in [6, 6.07) is 12.2. The van der Waals surface area contributed by atoms with E-state index in [2.05, 4.69) is 10.3 Å². The number of nitrogens with zero attached hydrogens (tertiary/aromatic N) is 3. The summed E-state index contributed by atoms with van der Waals surface area (Å²) < 4.78 is 12.4. The molecule has 1 saturated heterocycles. The first-order valence-corrected chi connectivity index (χ1v) is 10.6. The monoisotopic (exact) mass is 437 g/mol. The van der Waals surface area contributed by atoms with Crippen LogP contribution in [-0.4, -0.2) is 66.3 Å². The van der Waals surface area contributed by atoms with Crippen LogP contribution in [-0.2, 0) is 16.0 Å². The van der Waals surface area contributed by atoms with Gasteiger partial charge in [-0.3, -0.25) is 14.9 Å². The molecule has 1 fully saturated rings. The zero-order chi connectivity index (χ0) is 22.5. The number of ether oxygens (including phenoxy) is 2. The minimum Gasteiger partial charge on any atom is -0.399 e. The van der Waals surface area contributed by atoms with Gasteiger partial charge >= 0.3 is 0 Å². The summed E-state index contributed by atoms with van der Waals surface area (Å²) in [5.41, 5.74) is 8.81. The minimum atomic E-state index is -0.301. The van der Waals surface area contributed by atoms with Gasteiger partial charge in [0, 0.05) is 50.2 Å². The SMILES string of the molecule is COCCCn1c(NC(=O)c2cccc(N)c2)nc2cc(C(=O)N3CCOCC3)ccc21. The number of benzene rings is 2. The number of hydrogen-bond acceptors (Lipinski definition) is 6. The molecule has 0 spiro atoms. The Labute approximate surface area is 186 Å². The van der Waals surface area contributed by atoms with Gasteiger partial charge in [-0.05, 0) is 42.8 Å². The number of fused-ring (bicyclic) bond motifs is 1. The van der Waals surface area contributed by atoms with Crippen molar-refractivity contribution < 1.29 is 19.1 Å². The van der Waals surface area contributed by atoms with Crippen LogP contribution in [0, 0.1) is 0 Å². The molecule has 3 N–H and O–H groups in total. The van der Waals surface area contributed by atoms with Crippen LogP contribution >= 0.6 is 0 Å². The Hall–Kier alpha value is -3.43. The average molecular weight is 438 g/mol. The molecular weight excluding hydrogens is 410 g/mol. The van der Waals surface area contributed by atoms with Crippen molar-refractivity contribution in [3.05, 3.63) is 53.6 Å². The predicted molar refractivity (Wildman–Crippen MR) is 122 cm³/mol. The predicted octanol–water partition coefficient (Wildman–Crippen LogP) is 2.38. The van der Waals surface area contributed by atoms with Gasteiger partial charge in [-0.2, -0.15) is 0 Å². The molecule has 2 aromatic carbocycles. The Morgan fingerprint density at radius 2 is 1.97 bits per heavy atom. The van der Waals surface area contributed by atoms with Crippen LogP contribution in [0.15, 0.2) is 42.5 Å². The molecule has 9 nitrogen and oxygen atoms in total. The number of aryl methyl sites for hydroxylation is 1. The maximum Gasteiger partial charge on any atom is 0.258 e. The smallest absolute Gasteiger partial charge is 0.258 e. The second kappa shape index (κ2) is 9.80. The van der Waals surface area contributed by atoms with E-state index in [1.807, 2.05) is 10.6 Å². The van der Waals surface area contributed by atoms with Crippen LogP contribution in [0.3, 0.4) is 0 Å². The molecule has 1 aliphatic rings. The lowest BCUT2D eigenvalue weighted by Crippen LogP contribution is -2.40. The van der Waals surface area contributed by atoms with Crippen LogP contribution in [0.5, 0.6) is 0 Å². The van der Waals surface area contributed by atoms with E-state index in [4.69, 9.17) is 15.2 Å². The fourth-order valence-electron chi connectivity index (χ4n) is 3.75. The summed E-state index contributed by atoms with van der Waals surface area (Å²) in [6.07, 6.45) is 0.748. The van der Waals surface area contributed by atoms with E-state index in [0.29, 0.717) is 67.7 Å². The number of rotatable bonds is 7. The highest BCUT2D eigenvalue weighted by Crippen LogP contribution is 2.23. The number of nitrogens with two attached hydrogens (primary N) is 1. The summed E-state index contributed by atoms with van der Waals surface area (Å²) >= 11 is 0. The molecule has 2 amide bonds. The van der Waals surface area contributed by atoms with Gasteiger partial charge in [0.25, 0.3) is 11.8 Å². The van der Waals surface area contributed by atoms with Crippen molar-refractivity contribution >= 4 is 34.5 Å². The summed E-state index contributed by atoms with van der Waals surface area (Å²) in [4.78, 5) is 32.1. The first-order chi connectivity index (χ1) is 15.6. The van der Waals surface area contributed by atoms with Gasteiger partial charge in [0.2, 0.25) is 5.95 Å². The van der Waals surface area contributed by atoms with Gasteiger partial charge < -0.3 is 24.7 Å². The molecule has 0 aliphatic carbocycles. The quantitative estimate of drug-likeness (QED) is 0.434. The van der Waals surface area contributed by atoms with Crippen molar-refractivity contribution in [2.24, 2.45) is 0 Å². The summed E-state index contributed by atoms with van der Waals surface area (Å²) in [5.74, 6) is 0.0687. The van der Waals surface area contributed by atoms with Crippen LogP contribution in [0.25, 0.3) is 11.0 Å². The maximum absolute atomic E-state index is 12.9. The van der Waals surface area contributed by atoms with Gasteiger partial charge in [-0.1, -0.05) is 6.07 Å². The fourth-order valence-corrected chi connectivity index (χ4v) is 3.75. The molecule has 32 heavy (non-hydrogen) atoms. The number of nitrogen functional groups attached to an aromatic ring is 1. The van der Waals surface area contributed by atoms with E-state index in [1.165, 1.54) is 0 Å². The first-order valence-electron chi connectivity index (χ1n) is 10.6. The zero-order valence-electron chi connectivity index (χ0n) is 18.0. The Balaban J connectivity index is 1.64. The minimum absolute atomic E-state index is 0.0468. The van der Waals surface area contributed by atoms with Gasteiger partial charge in [-0.25, -0.2) is 4.98 Å². The van der Waals surface area contributed by atoms with Crippen LogP contribution in [0.1, 0.15) is 27.1 Å². The molecule has 1 aliphatic heterocycles. The highest BCUT2D eigenvalue weighted by atomic mass is 16.5. The van der Waals surface area contributed by atoms with Crippen molar-refractivity contribution in [1.82, 2.24) is 14.5 Å². The highest BCUT2D eigenvalue weighted by molar-refractivity contribution is 6.05. The van der Waals surface area contributed by atoms with Crippen LogP contribution in [0.2, 0.25) is 0 Å². The molecular formula is C23H27N5O4. The van der Waals surface area contributed by atoms with Crippen molar-refractivity contribution in [3.8, 4) is 0 Å². The number of nitrogens with one attached hydrogen (secondary N) is 1. The van der Waals surface area contributed by atoms with Crippen LogP contribution < -0.4 is 11.1 Å². The molecule has 0 unspecified atom stereocenters. The van der Waals surface area contributed by atoms with Gasteiger partial charge in [0.15, 0.2) is 0 Å². The Morgan fingerprint density at radius 3 is 2.72 bits per heavy atom. The fraction of sp³-hybridized carbons (Fsp3) is 0.348. The molecule has 9 heteroatoms. The Kier molecular flexibility index (Phi) is 6.67. The summed E-state index contributed by atoms with van der Waals surface area (Å²) in [5, 5.41) is 2.89. The normalized spacial score (nSPS) is 14.0. The Bertz CT molecular complexity index is 1120. The third-order valence-corrected chi connectivity index (χ3v) is 5.40. The van der Waals surface area contributed by atoms with E-state index in [9.17, 15) is 9.59 Å². The number of amides is 2. The molecule has 4 rings (SSSR count). The average Bonchev–Trinajstić information content (AvgIpc) is 3.15. The molecule has 0 radical (unpaired) electrons. The van der Waals surface area contributed by atoms with E-state index >= 15 is 0 Å². The highest BCUT2D eigenvalue weighted by Gasteiger charge is 2.21. The van der Waals surface area contributed by atoms with Gasteiger partial charge in [0.1, 0.15) is 0 Å². The molecule has 0 saturated carbocycles. The molecule has 168 valence electrons. The van der Waals surface area contributed by atoms with Crippen molar-refractivity contribution in [1.29, 1.82) is 0 Å².